The van der Waals surface area contributed by atoms with E-state index in [0.29, 0.717) is 23.6 Å². The molecule has 102 valence electrons. The fourth-order valence-corrected chi connectivity index (χ4v) is 2.55. The van der Waals surface area contributed by atoms with E-state index in [1.165, 1.54) is 6.42 Å². The van der Waals surface area contributed by atoms with Crippen molar-refractivity contribution in [3.8, 4) is 0 Å². The molecule has 1 heterocycles. The maximum Gasteiger partial charge on any atom is 0.0674 e. The zero-order valence-corrected chi connectivity index (χ0v) is 12.4. The topological polar surface area (TPSA) is 24.5 Å². The Kier molecular flexibility index (Phi) is 5.42. The summed E-state index contributed by atoms with van der Waals surface area (Å²) in [5.41, 5.74) is 0.300. The van der Waals surface area contributed by atoms with Gasteiger partial charge in [-0.3, -0.25) is 4.90 Å². The van der Waals surface area contributed by atoms with Gasteiger partial charge in [0.05, 0.1) is 12.7 Å². The van der Waals surface area contributed by atoms with Crippen LogP contribution in [-0.4, -0.2) is 49.8 Å². The van der Waals surface area contributed by atoms with Crippen LogP contribution in [0.2, 0.25) is 0 Å². The zero-order valence-electron chi connectivity index (χ0n) is 12.4. The molecule has 0 radical (unpaired) electrons. The van der Waals surface area contributed by atoms with Gasteiger partial charge in [-0.2, -0.15) is 0 Å². The van der Waals surface area contributed by atoms with Crippen LogP contribution in [0.5, 0.6) is 0 Å². The van der Waals surface area contributed by atoms with Gasteiger partial charge in [-0.1, -0.05) is 27.7 Å². The number of rotatable bonds is 4. The Morgan fingerprint density at radius 1 is 1.41 bits per heavy atom. The van der Waals surface area contributed by atoms with Crippen molar-refractivity contribution in [2.45, 2.75) is 59.2 Å². The third-order valence-corrected chi connectivity index (χ3v) is 3.86. The van der Waals surface area contributed by atoms with Crippen LogP contribution >= 0.6 is 0 Å². The number of nitrogens with zero attached hydrogens (tertiary/aromatic N) is 1. The van der Waals surface area contributed by atoms with Gasteiger partial charge in [-0.05, 0) is 25.8 Å². The molecule has 1 aliphatic rings. The van der Waals surface area contributed by atoms with E-state index in [9.17, 15) is 0 Å². The highest BCUT2D eigenvalue weighted by Gasteiger charge is 2.31. The van der Waals surface area contributed by atoms with Gasteiger partial charge in [-0.15, -0.1) is 0 Å². The highest BCUT2D eigenvalue weighted by molar-refractivity contribution is 4.86. The molecule has 0 spiro atoms. The molecule has 0 aromatic heterocycles. The monoisotopic (exact) mass is 242 g/mol. The molecule has 0 amide bonds. The summed E-state index contributed by atoms with van der Waals surface area (Å²) < 4.78 is 5.75. The van der Waals surface area contributed by atoms with Crippen LogP contribution in [0.4, 0.5) is 0 Å². The van der Waals surface area contributed by atoms with E-state index >= 15 is 0 Å². The van der Waals surface area contributed by atoms with Gasteiger partial charge in [0.15, 0.2) is 0 Å². The van der Waals surface area contributed by atoms with E-state index in [-0.39, 0.29) is 0 Å². The van der Waals surface area contributed by atoms with Crippen molar-refractivity contribution in [1.29, 1.82) is 0 Å². The predicted molar refractivity (Wildman–Crippen MR) is 73.4 cm³/mol. The Morgan fingerprint density at radius 3 is 2.53 bits per heavy atom. The second kappa shape index (κ2) is 6.17. The smallest absolute Gasteiger partial charge is 0.0674 e. The predicted octanol–water partition coefficient (Wildman–Crippen LogP) is 2.12. The van der Waals surface area contributed by atoms with Crippen molar-refractivity contribution in [3.05, 3.63) is 0 Å². The van der Waals surface area contributed by atoms with E-state index in [1.807, 2.05) is 0 Å². The molecule has 1 saturated heterocycles. The minimum atomic E-state index is 0.300. The molecule has 1 rings (SSSR count). The highest BCUT2D eigenvalue weighted by Crippen LogP contribution is 2.22. The first-order valence-electron chi connectivity index (χ1n) is 6.91. The molecule has 1 aliphatic heterocycles. The summed E-state index contributed by atoms with van der Waals surface area (Å²) >= 11 is 0. The summed E-state index contributed by atoms with van der Waals surface area (Å²) in [7, 11) is 2.07. The maximum absolute atomic E-state index is 5.75. The molecule has 1 fully saturated rings. The lowest BCUT2D eigenvalue weighted by atomic mass is 9.86. The van der Waals surface area contributed by atoms with Crippen LogP contribution in [0.25, 0.3) is 0 Å². The number of hydrogen-bond acceptors (Lipinski definition) is 3. The quantitative estimate of drug-likeness (QED) is 0.817. The Balaban J connectivity index is 2.62. The summed E-state index contributed by atoms with van der Waals surface area (Å²) in [6, 6.07) is 1.12. The lowest BCUT2D eigenvalue weighted by Gasteiger charge is -2.42. The second-order valence-electron chi connectivity index (χ2n) is 6.37. The van der Waals surface area contributed by atoms with Crippen molar-refractivity contribution in [2.75, 3.05) is 26.7 Å². The number of hydrogen-bond donors (Lipinski definition) is 1. The van der Waals surface area contributed by atoms with Crippen molar-refractivity contribution in [1.82, 2.24) is 10.2 Å². The summed E-state index contributed by atoms with van der Waals surface area (Å²) in [5.74, 6) is 0. The Hall–Kier alpha value is -0.120. The molecule has 0 bridgehead atoms. The third-order valence-electron chi connectivity index (χ3n) is 3.86. The first kappa shape index (κ1) is 14.9. The largest absolute Gasteiger partial charge is 0.376 e. The lowest BCUT2D eigenvalue weighted by Crippen LogP contribution is -2.55. The summed E-state index contributed by atoms with van der Waals surface area (Å²) in [5, 5.41) is 3.47. The maximum atomic E-state index is 5.75. The van der Waals surface area contributed by atoms with E-state index in [2.05, 4.69) is 51.9 Å². The first-order chi connectivity index (χ1) is 7.88. The van der Waals surface area contributed by atoms with Crippen molar-refractivity contribution < 1.29 is 4.74 Å². The van der Waals surface area contributed by atoms with Crippen LogP contribution in [-0.2, 0) is 4.74 Å². The van der Waals surface area contributed by atoms with Crippen molar-refractivity contribution in [3.63, 3.8) is 0 Å². The molecule has 1 N–H and O–H groups in total. The van der Waals surface area contributed by atoms with Gasteiger partial charge < -0.3 is 10.1 Å². The summed E-state index contributed by atoms with van der Waals surface area (Å²) in [6.07, 6.45) is 1.54. The minimum Gasteiger partial charge on any atom is -0.376 e. The molecular weight excluding hydrogens is 212 g/mol. The van der Waals surface area contributed by atoms with Gasteiger partial charge in [0.1, 0.15) is 0 Å². The standard InChI is InChI=1S/C14H30N2O/c1-7-12-10-17-11(2)8-16(12)9-13(15-6)14(3,4)5/h11-13,15H,7-10H2,1-6H3. The van der Waals surface area contributed by atoms with E-state index in [0.717, 1.165) is 19.7 Å². The van der Waals surface area contributed by atoms with Crippen LogP contribution < -0.4 is 5.32 Å². The molecule has 0 aromatic carbocycles. The average molecular weight is 242 g/mol. The van der Waals surface area contributed by atoms with Gasteiger partial charge in [0, 0.05) is 25.2 Å². The SMILES string of the molecule is CCC1COC(C)CN1CC(NC)C(C)(C)C. The third kappa shape index (κ3) is 4.23. The van der Waals surface area contributed by atoms with Crippen molar-refractivity contribution in [2.24, 2.45) is 5.41 Å². The van der Waals surface area contributed by atoms with E-state index in [4.69, 9.17) is 4.74 Å². The van der Waals surface area contributed by atoms with Gasteiger partial charge in [-0.25, -0.2) is 0 Å². The Labute approximate surface area is 107 Å². The summed E-state index contributed by atoms with van der Waals surface area (Å²) in [4.78, 5) is 2.60. The van der Waals surface area contributed by atoms with Crippen LogP contribution in [0.3, 0.4) is 0 Å². The molecular formula is C14H30N2O. The average Bonchev–Trinajstić information content (AvgIpc) is 2.24. The molecule has 3 nitrogen and oxygen atoms in total. The number of morpholine rings is 1. The number of ether oxygens (including phenoxy) is 1. The van der Waals surface area contributed by atoms with Crippen molar-refractivity contribution >= 4 is 0 Å². The first-order valence-corrected chi connectivity index (χ1v) is 6.91. The van der Waals surface area contributed by atoms with E-state index < -0.39 is 0 Å². The second-order valence-corrected chi connectivity index (χ2v) is 6.37. The van der Waals surface area contributed by atoms with Crippen LogP contribution in [0, 0.1) is 5.41 Å². The fraction of sp³-hybridized carbons (Fsp3) is 1.00. The number of nitrogens with one attached hydrogen (secondary N) is 1. The van der Waals surface area contributed by atoms with Gasteiger partial charge in [0.25, 0.3) is 0 Å². The van der Waals surface area contributed by atoms with E-state index in [1.54, 1.807) is 0 Å². The highest BCUT2D eigenvalue weighted by atomic mass is 16.5. The molecule has 17 heavy (non-hydrogen) atoms. The number of likely N-dealkylation sites (N-methyl/N-ethyl adjacent to an activating group) is 1. The molecule has 0 aromatic rings. The molecule has 3 atom stereocenters. The Morgan fingerprint density at radius 2 is 2.06 bits per heavy atom. The minimum absolute atomic E-state index is 0.300. The molecule has 3 unspecified atom stereocenters. The van der Waals surface area contributed by atoms with Gasteiger partial charge >= 0.3 is 0 Å². The van der Waals surface area contributed by atoms with Gasteiger partial charge in [0.2, 0.25) is 0 Å². The van der Waals surface area contributed by atoms with Crippen LogP contribution in [0.1, 0.15) is 41.0 Å². The molecule has 3 heteroatoms. The fourth-order valence-electron chi connectivity index (χ4n) is 2.55. The van der Waals surface area contributed by atoms with Crippen LogP contribution in [0.15, 0.2) is 0 Å². The summed E-state index contributed by atoms with van der Waals surface area (Å²) in [6.45, 7) is 14.4. The normalized spacial score (nSPS) is 29.3. The lowest BCUT2D eigenvalue weighted by molar-refractivity contribution is -0.0619. The zero-order chi connectivity index (χ0) is 13.1. The Bertz CT molecular complexity index is 225. The molecule has 0 saturated carbocycles. The molecule has 0 aliphatic carbocycles.